The zero-order valence-electron chi connectivity index (χ0n) is 10.4. The van der Waals surface area contributed by atoms with E-state index >= 15 is 0 Å². The Morgan fingerprint density at radius 2 is 1.78 bits per heavy atom. The molecule has 0 N–H and O–H groups in total. The average molecular weight is 297 g/mol. The van der Waals surface area contributed by atoms with E-state index in [1.165, 1.54) is 4.90 Å². The number of rotatable bonds is 6. The van der Waals surface area contributed by atoms with E-state index in [9.17, 15) is 0 Å². The van der Waals surface area contributed by atoms with Crippen LogP contribution in [0.1, 0.15) is 0 Å². The van der Waals surface area contributed by atoms with Crippen LogP contribution in [0.25, 0.3) is 0 Å². The third-order valence-corrected chi connectivity index (χ3v) is 5.60. The second-order valence-electron chi connectivity index (χ2n) is 3.75. The summed E-state index contributed by atoms with van der Waals surface area (Å²) in [6.07, 6.45) is 0. The van der Waals surface area contributed by atoms with Gasteiger partial charge in [-0.3, -0.25) is 0 Å². The van der Waals surface area contributed by atoms with Gasteiger partial charge in [0.2, 0.25) is 5.13 Å². The van der Waals surface area contributed by atoms with Gasteiger partial charge in [-0.1, -0.05) is 41.3 Å². The molecule has 0 saturated carbocycles. The predicted molar refractivity (Wildman–Crippen MR) is 82.1 cm³/mol. The SMILES string of the molecule is CN(C)c1nnc(SCCSc2ccccc2)s1. The lowest BCUT2D eigenvalue weighted by molar-refractivity contribution is 0.973. The molecular weight excluding hydrogens is 282 g/mol. The molecule has 0 unspecified atom stereocenters. The molecule has 1 aromatic carbocycles. The Labute approximate surface area is 120 Å². The Morgan fingerprint density at radius 3 is 2.44 bits per heavy atom. The molecule has 1 heterocycles. The van der Waals surface area contributed by atoms with Crippen LogP contribution in [0.4, 0.5) is 5.13 Å². The molecule has 0 aliphatic carbocycles. The minimum atomic E-state index is 0.966. The van der Waals surface area contributed by atoms with Gasteiger partial charge in [-0.05, 0) is 12.1 Å². The number of nitrogens with zero attached hydrogens (tertiary/aromatic N) is 3. The summed E-state index contributed by atoms with van der Waals surface area (Å²) >= 11 is 5.30. The first-order valence-corrected chi connectivity index (χ1v) is 8.36. The molecule has 0 spiro atoms. The van der Waals surface area contributed by atoms with E-state index in [1.807, 2.05) is 36.8 Å². The highest BCUT2D eigenvalue weighted by atomic mass is 32.2. The summed E-state index contributed by atoms with van der Waals surface area (Å²) in [7, 11) is 3.97. The zero-order valence-corrected chi connectivity index (χ0v) is 12.8. The molecule has 0 radical (unpaired) electrons. The topological polar surface area (TPSA) is 29.0 Å². The molecule has 1 aromatic heterocycles. The van der Waals surface area contributed by atoms with E-state index in [0.29, 0.717) is 0 Å². The van der Waals surface area contributed by atoms with Crippen molar-refractivity contribution in [3.8, 4) is 0 Å². The standard InChI is InChI=1S/C12H15N3S3/c1-15(2)11-13-14-12(18-11)17-9-8-16-10-6-4-3-5-7-10/h3-7H,8-9H2,1-2H3. The molecule has 18 heavy (non-hydrogen) atoms. The summed E-state index contributed by atoms with van der Waals surface area (Å²) < 4.78 is 1.05. The molecule has 96 valence electrons. The van der Waals surface area contributed by atoms with Crippen molar-refractivity contribution in [3.63, 3.8) is 0 Å². The molecule has 0 aliphatic heterocycles. The fourth-order valence-corrected chi connectivity index (χ4v) is 3.98. The van der Waals surface area contributed by atoms with Crippen molar-refractivity contribution in [2.24, 2.45) is 0 Å². The van der Waals surface area contributed by atoms with Crippen LogP contribution in [0.5, 0.6) is 0 Å². The number of aromatic nitrogens is 2. The quantitative estimate of drug-likeness (QED) is 0.601. The van der Waals surface area contributed by atoms with Gasteiger partial charge in [0.05, 0.1) is 0 Å². The molecule has 0 bridgehead atoms. The second kappa shape index (κ2) is 7.01. The maximum atomic E-state index is 4.16. The van der Waals surface area contributed by atoms with Crippen molar-refractivity contribution >= 4 is 40.0 Å². The number of thioether (sulfide) groups is 2. The largest absolute Gasteiger partial charge is 0.353 e. The normalized spacial score (nSPS) is 10.6. The van der Waals surface area contributed by atoms with E-state index in [2.05, 4.69) is 34.5 Å². The number of benzene rings is 1. The summed E-state index contributed by atoms with van der Waals surface area (Å²) in [4.78, 5) is 3.31. The highest BCUT2D eigenvalue weighted by molar-refractivity contribution is 8.03. The first-order chi connectivity index (χ1) is 8.75. The first kappa shape index (κ1) is 13.7. The molecular formula is C12H15N3S3. The fraction of sp³-hybridized carbons (Fsp3) is 0.333. The summed E-state index contributed by atoms with van der Waals surface area (Å²) in [6.45, 7) is 0. The van der Waals surface area contributed by atoms with Crippen molar-refractivity contribution in [1.82, 2.24) is 10.2 Å². The maximum Gasteiger partial charge on any atom is 0.208 e. The van der Waals surface area contributed by atoms with E-state index in [0.717, 1.165) is 21.0 Å². The lowest BCUT2D eigenvalue weighted by Crippen LogP contribution is -2.07. The molecule has 0 saturated heterocycles. The summed E-state index contributed by atoms with van der Waals surface area (Å²) in [6, 6.07) is 10.5. The summed E-state index contributed by atoms with van der Waals surface area (Å²) in [5.74, 6) is 2.15. The number of anilines is 1. The third kappa shape index (κ3) is 4.19. The van der Waals surface area contributed by atoms with Gasteiger partial charge in [-0.2, -0.15) is 0 Å². The van der Waals surface area contributed by atoms with Gasteiger partial charge in [-0.25, -0.2) is 0 Å². The van der Waals surface area contributed by atoms with Gasteiger partial charge in [0.15, 0.2) is 4.34 Å². The molecule has 2 rings (SSSR count). The predicted octanol–water partition coefficient (Wildman–Crippen LogP) is 3.49. The highest BCUT2D eigenvalue weighted by Gasteiger charge is 2.05. The van der Waals surface area contributed by atoms with Gasteiger partial charge in [0, 0.05) is 30.5 Å². The van der Waals surface area contributed by atoms with E-state index in [-0.39, 0.29) is 0 Å². The minimum absolute atomic E-state index is 0.966. The molecule has 0 fully saturated rings. The van der Waals surface area contributed by atoms with Crippen molar-refractivity contribution in [1.29, 1.82) is 0 Å². The molecule has 6 heteroatoms. The lowest BCUT2D eigenvalue weighted by atomic mass is 10.4. The van der Waals surface area contributed by atoms with Gasteiger partial charge in [0.1, 0.15) is 0 Å². The van der Waals surface area contributed by atoms with Crippen molar-refractivity contribution in [2.45, 2.75) is 9.24 Å². The van der Waals surface area contributed by atoms with E-state index in [1.54, 1.807) is 23.1 Å². The van der Waals surface area contributed by atoms with Crippen LogP contribution in [0, 0.1) is 0 Å². The summed E-state index contributed by atoms with van der Waals surface area (Å²) in [5, 5.41) is 9.25. The summed E-state index contributed by atoms with van der Waals surface area (Å²) in [5.41, 5.74) is 0. The van der Waals surface area contributed by atoms with Crippen LogP contribution in [-0.2, 0) is 0 Å². The molecule has 3 nitrogen and oxygen atoms in total. The Morgan fingerprint density at radius 1 is 1.06 bits per heavy atom. The fourth-order valence-electron chi connectivity index (χ4n) is 1.25. The zero-order chi connectivity index (χ0) is 12.8. The van der Waals surface area contributed by atoms with E-state index < -0.39 is 0 Å². The Kier molecular flexibility index (Phi) is 5.34. The molecule has 0 amide bonds. The van der Waals surface area contributed by atoms with Crippen LogP contribution in [0.3, 0.4) is 0 Å². The Balaban J connectivity index is 1.72. The molecule has 0 aliphatic rings. The maximum absolute atomic E-state index is 4.16. The van der Waals surface area contributed by atoms with Crippen molar-refractivity contribution in [2.75, 3.05) is 30.5 Å². The average Bonchev–Trinajstić information content (AvgIpc) is 2.85. The number of hydrogen-bond donors (Lipinski definition) is 0. The number of hydrogen-bond acceptors (Lipinski definition) is 6. The van der Waals surface area contributed by atoms with Crippen molar-refractivity contribution in [3.05, 3.63) is 30.3 Å². The Hall–Kier alpha value is -0.720. The van der Waals surface area contributed by atoms with Gasteiger partial charge < -0.3 is 4.90 Å². The van der Waals surface area contributed by atoms with Crippen LogP contribution in [-0.4, -0.2) is 35.8 Å². The third-order valence-electron chi connectivity index (χ3n) is 2.10. The minimum Gasteiger partial charge on any atom is -0.353 e. The van der Waals surface area contributed by atoms with Crippen LogP contribution >= 0.6 is 34.9 Å². The lowest BCUT2D eigenvalue weighted by Gasteiger charge is -2.03. The monoisotopic (exact) mass is 297 g/mol. The van der Waals surface area contributed by atoms with Crippen molar-refractivity contribution < 1.29 is 0 Å². The molecule has 0 atom stereocenters. The van der Waals surface area contributed by atoms with E-state index in [4.69, 9.17) is 0 Å². The van der Waals surface area contributed by atoms with Crippen LogP contribution < -0.4 is 4.90 Å². The van der Waals surface area contributed by atoms with Gasteiger partial charge in [-0.15, -0.1) is 22.0 Å². The highest BCUT2D eigenvalue weighted by Crippen LogP contribution is 2.28. The first-order valence-electron chi connectivity index (χ1n) is 5.57. The van der Waals surface area contributed by atoms with Gasteiger partial charge >= 0.3 is 0 Å². The van der Waals surface area contributed by atoms with Gasteiger partial charge in [0.25, 0.3) is 0 Å². The smallest absolute Gasteiger partial charge is 0.208 e. The van der Waals surface area contributed by atoms with Crippen LogP contribution in [0.15, 0.2) is 39.6 Å². The van der Waals surface area contributed by atoms with Crippen LogP contribution in [0.2, 0.25) is 0 Å². The second-order valence-corrected chi connectivity index (χ2v) is 7.22. The Bertz CT molecular complexity index is 470. The molecule has 2 aromatic rings.